The first-order valence-corrected chi connectivity index (χ1v) is 9.22. The number of anilines is 1. The van der Waals surface area contributed by atoms with Crippen molar-refractivity contribution in [1.29, 1.82) is 0 Å². The van der Waals surface area contributed by atoms with E-state index in [2.05, 4.69) is 10.0 Å². The highest BCUT2D eigenvalue weighted by molar-refractivity contribution is 7.92. The molecular weight excluding hydrogens is 340 g/mol. The zero-order chi connectivity index (χ0) is 18.6. The van der Waals surface area contributed by atoms with Gasteiger partial charge in [0.15, 0.2) is 0 Å². The molecule has 1 amide bonds. The quantitative estimate of drug-likeness (QED) is 0.827. The van der Waals surface area contributed by atoms with Gasteiger partial charge in [0, 0.05) is 13.5 Å². The number of sulfonamides is 1. The minimum atomic E-state index is -3.84. The van der Waals surface area contributed by atoms with Crippen molar-refractivity contribution in [3.8, 4) is 5.75 Å². The van der Waals surface area contributed by atoms with Gasteiger partial charge in [-0.05, 0) is 48.7 Å². The summed E-state index contributed by atoms with van der Waals surface area (Å²) in [5, 5.41) is 2.65. The van der Waals surface area contributed by atoms with Gasteiger partial charge >= 0.3 is 0 Å². The molecule has 0 fully saturated rings. The second-order valence-electron chi connectivity index (χ2n) is 5.82. The molecule has 25 heavy (non-hydrogen) atoms. The van der Waals surface area contributed by atoms with Crippen LogP contribution in [0.2, 0.25) is 0 Å². The Balaban J connectivity index is 2.41. The van der Waals surface area contributed by atoms with E-state index in [9.17, 15) is 13.2 Å². The van der Waals surface area contributed by atoms with E-state index >= 15 is 0 Å². The highest BCUT2D eigenvalue weighted by atomic mass is 32.2. The van der Waals surface area contributed by atoms with Crippen LogP contribution in [0.3, 0.4) is 0 Å². The summed E-state index contributed by atoms with van der Waals surface area (Å²) in [6.45, 7) is 5.38. The molecule has 0 atom stereocenters. The van der Waals surface area contributed by atoms with Crippen molar-refractivity contribution in [3.63, 3.8) is 0 Å². The fourth-order valence-corrected chi connectivity index (χ4v) is 3.66. The van der Waals surface area contributed by atoms with Crippen LogP contribution in [-0.4, -0.2) is 21.4 Å². The Kier molecular flexibility index (Phi) is 5.69. The van der Waals surface area contributed by atoms with Crippen LogP contribution in [0, 0.1) is 13.8 Å². The lowest BCUT2D eigenvalue weighted by Crippen LogP contribution is -2.20. The summed E-state index contributed by atoms with van der Waals surface area (Å²) in [5.74, 6) is 0.0538. The zero-order valence-corrected chi connectivity index (χ0v) is 15.5. The van der Waals surface area contributed by atoms with Crippen LogP contribution in [0.5, 0.6) is 5.75 Å². The SMILES string of the molecule is COc1ccc(CNC(C)=O)cc1S(=O)(=O)Nc1cc(C)ccc1C. The summed E-state index contributed by atoms with van der Waals surface area (Å²) >= 11 is 0. The number of hydrogen-bond acceptors (Lipinski definition) is 4. The van der Waals surface area contributed by atoms with Gasteiger partial charge in [-0.25, -0.2) is 8.42 Å². The standard InChI is InChI=1S/C18H22N2O4S/c1-12-5-6-13(2)16(9-12)20-25(22,23)18-10-15(11-19-14(3)21)7-8-17(18)24-4/h5-10,20H,11H2,1-4H3,(H,19,21). The Morgan fingerprint density at radius 2 is 1.84 bits per heavy atom. The number of carbonyl (C=O) groups is 1. The molecule has 0 heterocycles. The molecule has 2 N–H and O–H groups in total. The predicted octanol–water partition coefficient (Wildman–Crippen LogP) is 2.75. The number of aryl methyl sites for hydroxylation is 2. The third-order valence-corrected chi connectivity index (χ3v) is 5.08. The van der Waals surface area contributed by atoms with Crippen LogP contribution in [0.15, 0.2) is 41.3 Å². The van der Waals surface area contributed by atoms with Crippen molar-refractivity contribution >= 4 is 21.6 Å². The third kappa shape index (κ3) is 4.73. The van der Waals surface area contributed by atoms with Crippen molar-refractivity contribution < 1.29 is 17.9 Å². The molecule has 2 aromatic carbocycles. The fourth-order valence-electron chi connectivity index (χ4n) is 2.31. The van der Waals surface area contributed by atoms with E-state index in [1.54, 1.807) is 18.2 Å². The molecule has 6 nitrogen and oxygen atoms in total. The number of benzene rings is 2. The van der Waals surface area contributed by atoms with E-state index in [0.717, 1.165) is 11.1 Å². The molecule has 134 valence electrons. The Labute approximate surface area is 148 Å². The maximum atomic E-state index is 12.9. The van der Waals surface area contributed by atoms with Gasteiger partial charge in [0.25, 0.3) is 10.0 Å². The molecule has 0 saturated heterocycles. The van der Waals surface area contributed by atoms with E-state index in [4.69, 9.17) is 4.74 Å². The minimum absolute atomic E-state index is 0.0266. The van der Waals surface area contributed by atoms with Gasteiger partial charge in [0.2, 0.25) is 5.91 Å². The summed E-state index contributed by atoms with van der Waals surface area (Å²) in [6, 6.07) is 10.3. The van der Waals surface area contributed by atoms with Gasteiger partial charge in [-0.15, -0.1) is 0 Å². The molecular formula is C18H22N2O4S. The summed E-state index contributed by atoms with van der Waals surface area (Å²) < 4.78 is 33.5. The molecule has 7 heteroatoms. The molecule has 0 saturated carbocycles. The number of ether oxygens (including phenoxy) is 1. The first-order valence-electron chi connectivity index (χ1n) is 7.74. The van der Waals surface area contributed by atoms with Crippen molar-refractivity contribution in [3.05, 3.63) is 53.1 Å². The van der Waals surface area contributed by atoms with Crippen LogP contribution in [-0.2, 0) is 21.4 Å². The second-order valence-corrected chi connectivity index (χ2v) is 7.47. The molecule has 0 unspecified atom stereocenters. The number of methoxy groups -OCH3 is 1. The van der Waals surface area contributed by atoms with Crippen LogP contribution >= 0.6 is 0 Å². The second kappa shape index (κ2) is 7.57. The summed E-state index contributed by atoms with van der Waals surface area (Å²) in [4.78, 5) is 11.1. The molecule has 0 aliphatic carbocycles. The zero-order valence-electron chi connectivity index (χ0n) is 14.7. The van der Waals surface area contributed by atoms with Gasteiger partial charge in [-0.2, -0.15) is 0 Å². The minimum Gasteiger partial charge on any atom is -0.495 e. The van der Waals surface area contributed by atoms with Crippen LogP contribution in [0.25, 0.3) is 0 Å². The van der Waals surface area contributed by atoms with E-state index < -0.39 is 10.0 Å². The molecule has 0 bridgehead atoms. The van der Waals surface area contributed by atoms with Gasteiger partial charge < -0.3 is 10.1 Å². The van der Waals surface area contributed by atoms with Crippen LogP contribution < -0.4 is 14.8 Å². The molecule has 2 aromatic rings. The van der Waals surface area contributed by atoms with Crippen molar-refractivity contribution in [1.82, 2.24) is 5.32 Å². The Hall–Kier alpha value is -2.54. The monoisotopic (exact) mass is 362 g/mol. The Bertz CT molecular complexity index is 892. The maximum Gasteiger partial charge on any atom is 0.265 e. The lowest BCUT2D eigenvalue weighted by atomic mass is 10.1. The van der Waals surface area contributed by atoms with Crippen LogP contribution in [0.1, 0.15) is 23.6 Å². The van der Waals surface area contributed by atoms with E-state index in [0.29, 0.717) is 11.3 Å². The third-order valence-electron chi connectivity index (χ3n) is 3.70. The number of rotatable bonds is 6. The normalized spacial score (nSPS) is 11.0. The lowest BCUT2D eigenvalue weighted by Gasteiger charge is -2.15. The molecule has 0 radical (unpaired) electrons. The van der Waals surface area contributed by atoms with Gasteiger partial charge in [-0.3, -0.25) is 9.52 Å². The molecule has 0 aromatic heterocycles. The maximum absolute atomic E-state index is 12.9. The lowest BCUT2D eigenvalue weighted by molar-refractivity contribution is -0.119. The molecule has 2 rings (SSSR count). The summed E-state index contributed by atoms with van der Waals surface area (Å²) in [5.41, 5.74) is 2.96. The van der Waals surface area contributed by atoms with Crippen molar-refractivity contribution in [2.24, 2.45) is 0 Å². The first-order chi connectivity index (χ1) is 11.7. The topological polar surface area (TPSA) is 84.5 Å². The highest BCUT2D eigenvalue weighted by Crippen LogP contribution is 2.28. The average molecular weight is 362 g/mol. The average Bonchev–Trinajstić information content (AvgIpc) is 2.55. The fraction of sp³-hybridized carbons (Fsp3) is 0.278. The van der Waals surface area contributed by atoms with Crippen LogP contribution in [0.4, 0.5) is 5.69 Å². The van der Waals surface area contributed by atoms with E-state index in [1.165, 1.54) is 20.1 Å². The van der Waals surface area contributed by atoms with E-state index in [1.807, 2.05) is 26.0 Å². The number of carbonyl (C=O) groups excluding carboxylic acids is 1. The summed E-state index contributed by atoms with van der Waals surface area (Å²) in [7, 11) is -2.43. The van der Waals surface area contributed by atoms with Crippen molar-refractivity contribution in [2.75, 3.05) is 11.8 Å². The molecule has 0 aliphatic rings. The van der Waals surface area contributed by atoms with Gasteiger partial charge in [-0.1, -0.05) is 18.2 Å². The largest absolute Gasteiger partial charge is 0.495 e. The Morgan fingerprint density at radius 1 is 1.12 bits per heavy atom. The molecule has 0 spiro atoms. The molecule has 0 aliphatic heterocycles. The Morgan fingerprint density at radius 3 is 2.48 bits per heavy atom. The number of amides is 1. The first kappa shape index (κ1) is 18.8. The number of hydrogen-bond donors (Lipinski definition) is 2. The van der Waals surface area contributed by atoms with Crippen molar-refractivity contribution in [2.45, 2.75) is 32.2 Å². The number of nitrogens with one attached hydrogen (secondary N) is 2. The highest BCUT2D eigenvalue weighted by Gasteiger charge is 2.21. The predicted molar refractivity (Wildman–Crippen MR) is 97.2 cm³/mol. The van der Waals surface area contributed by atoms with E-state index in [-0.39, 0.29) is 23.1 Å². The smallest absolute Gasteiger partial charge is 0.265 e. The summed E-state index contributed by atoms with van der Waals surface area (Å²) in [6.07, 6.45) is 0. The van der Waals surface area contributed by atoms with Gasteiger partial charge in [0.1, 0.15) is 10.6 Å². The van der Waals surface area contributed by atoms with Gasteiger partial charge in [0.05, 0.1) is 12.8 Å².